The number of nitrogens with zero attached hydrogens (tertiary/aromatic N) is 6. The van der Waals surface area contributed by atoms with E-state index in [1.807, 2.05) is 30.5 Å². The molecule has 35 heavy (non-hydrogen) atoms. The lowest BCUT2D eigenvalue weighted by molar-refractivity contribution is 0.199. The lowest BCUT2D eigenvalue weighted by Crippen LogP contribution is -2.33. The zero-order valence-electron chi connectivity index (χ0n) is 20.5. The molecule has 0 N–H and O–H groups in total. The van der Waals surface area contributed by atoms with Gasteiger partial charge >= 0.3 is 0 Å². The molecule has 8 heteroatoms. The summed E-state index contributed by atoms with van der Waals surface area (Å²) in [6.07, 6.45) is 12.4. The van der Waals surface area contributed by atoms with Crippen molar-refractivity contribution in [3.8, 4) is 17.4 Å². The average molecular weight is 475 g/mol. The standard InChI is InChI=1S/C27H34N6O2/c1-34-23-8-4-5-9-24(23)35-26-25(28-14-15-29-26)21-11-18-32(19-12-21)20-22-10-13-30-27(31-22)33-16-6-2-3-7-17-33/h4-5,8-10,13-15,21H,2-3,6-7,11-12,16-20H2,1H3. The maximum absolute atomic E-state index is 6.15. The van der Waals surface area contributed by atoms with Crippen molar-refractivity contribution < 1.29 is 9.47 Å². The Balaban J connectivity index is 1.21. The van der Waals surface area contributed by atoms with Crippen LogP contribution in [0.2, 0.25) is 0 Å². The van der Waals surface area contributed by atoms with E-state index in [0.29, 0.717) is 23.3 Å². The van der Waals surface area contributed by atoms with Crippen LogP contribution >= 0.6 is 0 Å². The van der Waals surface area contributed by atoms with Crippen LogP contribution in [0.5, 0.6) is 17.4 Å². The fourth-order valence-corrected chi connectivity index (χ4v) is 4.99. The second-order valence-corrected chi connectivity index (χ2v) is 9.30. The predicted octanol–water partition coefficient (Wildman–Crippen LogP) is 4.83. The molecule has 0 atom stereocenters. The number of hydrogen-bond donors (Lipinski definition) is 0. The summed E-state index contributed by atoms with van der Waals surface area (Å²) < 4.78 is 11.6. The van der Waals surface area contributed by atoms with E-state index in [0.717, 1.165) is 62.9 Å². The molecule has 0 aliphatic carbocycles. The van der Waals surface area contributed by atoms with Gasteiger partial charge in [0.15, 0.2) is 11.5 Å². The number of ether oxygens (including phenoxy) is 2. The summed E-state index contributed by atoms with van der Waals surface area (Å²) in [4.78, 5) is 23.4. The summed E-state index contributed by atoms with van der Waals surface area (Å²) in [5.74, 6) is 3.09. The second-order valence-electron chi connectivity index (χ2n) is 9.30. The van der Waals surface area contributed by atoms with Crippen LogP contribution in [0.4, 0.5) is 5.95 Å². The van der Waals surface area contributed by atoms with E-state index in [1.165, 1.54) is 25.7 Å². The van der Waals surface area contributed by atoms with Gasteiger partial charge in [0.05, 0.1) is 12.8 Å². The Morgan fingerprint density at radius 2 is 1.57 bits per heavy atom. The smallest absolute Gasteiger partial charge is 0.241 e. The molecular formula is C27H34N6O2. The van der Waals surface area contributed by atoms with Crippen LogP contribution in [-0.4, -0.2) is 58.1 Å². The summed E-state index contributed by atoms with van der Waals surface area (Å²) in [7, 11) is 1.64. The minimum absolute atomic E-state index is 0.308. The van der Waals surface area contributed by atoms with Crippen molar-refractivity contribution in [2.75, 3.05) is 38.2 Å². The number of para-hydroxylation sites is 2. The number of piperidine rings is 1. The molecule has 2 aliphatic heterocycles. The molecule has 0 bridgehead atoms. The molecule has 0 unspecified atom stereocenters. The largest absolute Gasteiger partial charge is 0.493 e. The highest BCUT2D eigenvalue weighted by Gasteiger charge is 2.26. The lowest BCUT2D eigenvalue weighted by Gasteiger charge is -2.31. The van der Waals surface area contributed by atoms with Gasteiger partial charge in [-0.25, -0.2) is 15.0 Å². The number of methoxy groups -OCH3 is 1. The summed E-state index contributed by atoms with van der Waals surface area (Å²) in [6.45, 7) is 4.94. The maximum Gasteiger partial charge on any atom is 0.241 e. The van der Waals surface area contributed by atoms with E-state index in [1.54, 1.807) is 19.5 Å². The third-order valence-corrected chi connectivity index (χ3v) is 6.92. The van der Waals surface area contributed by atoms with Gasteiger partial charge < -0.3 is 14.4 Å². The Kier molecular flexibility index (Phi) is 7.68. The number of rotatable bonds is 7. The third-order valence-electron chi connectivity index (χ3n) is 6.92. The lowest BCUT2D eigenvalue weighted by atomic mass is 9.93. The normalized spacial score (nSPS) is 17.7. The van der Waals surface area contributed by atoms with Crippen molar-refractivity contribution in [1.29, 1.82) is 0 Å². The molecule has 3 aromatic rings. The van der Waals surface area contributed by atoms with Crippen LogP contribution in [0.3, 0.4) is 0 Å². The van der Waals surface area contributed by atoms with Gasteiger partial charge in [0.1, 0.15) is 5.69 Å². The van der Waals surface area contributed by atoms with Gasteiger partial charge in [-0.3, -0.25) is 9.88 Å². The summed E-state index contributed by atoms with van der Waals surface area (Å²) in [6, 6.07) is 9.68. The van der Waals surface area contributed by atoms with Crippen molar-refractivity contribution in [3.05, 3.63) is 60.3 Å². The van der Waals surface area contributed by atoms with Crippen molar-refractivity contribution in [2.24, 2.45) is 0 Å². The van der Waals surface area contributed by atoms with E-state index in [-0.39, 0.29) is 0 Å². The summed E-state index contributed by atoms with van der Waals surface area (Å²) in [5.41, 5.74) is 2.01. The Bertz CT molecular complexity index is 1090. The molecule has 184 valence electrons. The van der Waals surface area contributed by atoms with Gasteiger partial charge in [-0.15, -0.1) is 0 Å². The molecule has 0 spiro atoms. The number of benzene rings is 1. The first-order chi connectivity index (χ1) is 17.3. The minimum Gasteiger partial charge on any atom is -0.493 e. The molecule has 2 aliphatic rings. The Labute approximate surface area is 207 Å². The molecule has 2 saturated heterocycles. The second kappa shape index (κ2) is 11.4. The Morgan fingerprint density at radius 3 is 2.34 bits per heavy atom. The number of anilines is 1. The Morgan fingerprint density at radius 1 is 0.829 bits per heavy atom. The van der Waals surface area contributed by atoms with Crippen LogP contribution in [-0.2, 0) is 6.54 Å². The maximum atomic E-state index is 6.15. The summed E-state index contributed by atoms with van der Waals surface area (Å²) >= 11 is 0. The molecular weight excluding hydrogens is 440 g/mol. The van der Waals surface area contributed by atoms with Gasteiger partial charge in [-0.2, -0.15) is 0 Å². The first kappa shape index (κ1) is 23.5. The zero-order chi connectivity index (χ0) is 23.9. The van der Waals surface area contributed by atoms with Crippen molar-refractivity contribution in [3.63, 3.8) is 0 Å². The molecule has 0 amide bonds. The molecule has 1 aromatic carbocycles. The molecule has 0 radical (unpaired) electrons. The van der Waals surface area contributed by atoms with Crippen LogP contribution in [0.25, 0.3) is 0 Å². The van der Waals surface area contributed by atoms with Crippen molar-refractivity contribution >= 4 is 5.95 Å². The van der Waals surface area contributed by atoms with E-state index in [2.05, 4.69) is 30.8 Å². The quantitative estimate of drug-likeness (QED) is 0.482. The predicted molar refractivity (Wildman–Crippen MR) is 135 cm³/mol. The van der Waals surface area contributed by atoms with Crippen LogP contribution < -0.4 is 14.4 Å². The number of hydrogen-bond acceptors (Lipinski definition) is 8. The Hall–Kier alpha value is -3.26. The SMILES string of the molecule is COc1ccccc1Oc1nccnc1C1CCN(Cc2ccnc(N3CCCCCC3)n2)CC1. The zero-order valence-corrected chi connectivity index (χ0v) is 20.5. The number of likely N-dealkylation sites (tertiary alicyclic amines) is 1. The van der Waals surface area contributed by atoms with Gasteiger partial charge in [-0.1, -0.05) is 25.0 Å². The van der Waals surface area contributed by atoms with Gasteiger partial charge in [0, 0.05) is 44.1 Å². The fraction of sp³-hybridized carbons (Fsp3) is 0.481. The van der Waals surface area contributed by atoms with Crippen molar-refractivity contribution in [2.45, 2.75) is 51.0 Å². The minimum atomic E-state index is 0.308. The third kappa shape index (κ3) is 5.88. The molecule has 8 nitrogen and oxygen atoms in total. The van der Waals surface area contributed by atoms with Gasteiger partial charge in [0.2, 0.25) is 11.8 Å². The molecule has 2 fully saturated rings. The number of aromatic nitrogens is 4. The van der Waals surface area contributed by atoms with Gasteiger partial charge in [0.25, 0.3) is 0 Å². The highest BCUT2D eigenvalue weighted by Crippen LogP contribution is 2.36. The van der Waals surface area contributed by atoms with E-state index < -0.39 is 0 Å². The monoisotopic (exact) mass is 474 g/mol. The molecule has 0 saturated carbocycles. The highest BCUT2D eigenvalue weighted by molar-refractivity contribution is 5.42. The van der Waals surface area contributed by atoms with E-state index in [9.17, 15) is 0 Å². The molecule has 5 rings (SSSR count). The summed E-state index contributed by atoms with van der Waals surface area (Å²) in [5, 5.41) is 0. The van der Waals surface area contributed by atoms with Crippen molar-refractivity contribution in [1.82, 2.24) is 24.8 Å². The highest BCUT2D eigenvalue weighted by atomic mass is 16.5. The fourth-order valence-electron chi connectivity index (χ4n) is 4.99. The average Bonchev–Trinajstić information content (AvgIpc) is 3.20. The van der Waals surface area contributed by atoms with E-state index >= 15 is 0 Å². The van der Waals surface area contributed by atoms with Gasteiger partial charge in [-0.05, 0) is 57.0 Å². The first-order valence-electron chi connectivity index (χ1n) is 12.7. The molecule has 4 heterocycles. The topological polar surface area (TPSA) is 76.5 Å². The van der Waals surface area contributed by atoms with Crippen LogP contribution in [0.1, 0.15) is 55.8 Å². The van der Waals surface area contributed by atoms with Crippen LogP contribution in [0, 0.1) is 0 Å². The van der Waals surface area contributed by atoms with E-state index in [4.69, 9.17) is 14.5 Å². The first-order valence-corrected chi connectivity index (χ1v) is 12.7. The molecule has 2 aromatic heterocycles. The van der Waals surface area contributed by atoms with Crippen LogP contribution in [0.15, 0.2) is 48.9 Å².